The van der Waals surface area contributed by atoms with Crippen molar-refractivity contribution in [1.29, 1.82) is 0 Å². The van der Waals surface area contributed by atoms with Gasteiger partial charge in [0.05, 0.1) is 26.9 Å². The minimum absolute atomic E-state index is 0.204. The molecule has 2 aromatic rings. The minimum atomic E-state index is -0.467. The van der Waals surface area contributed by atoms with Crippen molar-refractivity contribution in [1.82, 2.24) is 4.90 Å². The molecule has 0 aliphatic heterocycles. The first kappa shape index (κ1) is 19.3. The molecule has 0 radical (unpaired) electrons. The summed E-state index contributed by atoms with van der Waals surface area (Å²) >= 11 is 1.68. The van der Waals surface area contributed by atoms with Gasteiger partial charge in [0.25, 0.3) is 0 Å². The number of thiophene rings is 1. The summed E-state index contributed by atoms with van der Waals surface area (Å²) in [6, 6.07) is 5.26. The Morgan fingerprint density at radius 2 is 1.78 bits per heavy atom. The number of likely N-dealkylation sites (N-methyl/N-ethyl adjacent to an activating group) is 1. The summed E-state index contributed by atoms with van der Waals surface area (Å²) in [4.78, 5) is 16.0. The molecule has 1 aliphatic rings. The highest BCUT2D eigenvalue weighted by Crippen LogP contribution is 2.41. The van der Waals surface area contributed by atoms with Gasteiger partial charge < -0.3 is 18.9 Å². The molecule has 1 aromatic carbocycles. The predicted octanol–water partition coefficient (Wildman–Crippen LogP) is 3.41. The van der Waals surface area contributed by atoms with Crippen LogP contribution in [0.5, 0.6) is 17.2 Å². The zero-order valence-electron chi connectivity index (χ0n) is 16.1. The van der Waals surface area contributed by atoms with E-state index >= 15 is 0 Å². The van der Waals surface area contributed by atoms with E-state index in [4.69, 9.17) is 18.9 Å². The highest BCUT2D eigenvalue weighted by atomic mass is 32.1. The average molecular weight is 389 g/mol. The van der Waals surface area contributed by atoms with Crippen molar-refractivity contribution in [2.45, 2.75) is 5.54 Å². The maximum absolute atomic E-state index is 12.7. The third-order valence-corrected chi connectivity index (χ3v) is 5.68. The first-order chi connectivity index (χ1) is 13.0. The fraction of sp³-hybridized carbons (Fsp3) is 0.350. The van der Waals surface area contributed by atoms with Gasteiger partial charge in [0.15, 0.2) is 11.5 Å². The standard InChI is InChI=1S/C20H23NO5S/c1-21(2)20(8-6-17-14(20)7-9-27-17)12-26-19(22)13-10-15(23-3)18(25-5)16(11-13)24-4/h6-11H,12H2,1-5H3. The number of fused-ring (bicyclic) bond motifs is 1. The minimum Gasteiger partial charge on any atom is -0.493 e. The van der Waals surface area contributed by atoms with Crippen molar-refractivity contribution >= 4 is 23.4 Å². The number of hydrogen-bond acceptors (Lipinski definition) is 7. The third-order valence-electron chi connectivity index (χ3n) is 4.79. The second kappa shape index (κ2) is 7.62. The molecule has 0 spiro atoms. The molecule has 0 saturated heterocycles. The van der Waals surface area contributed by atoms with Gasteiger partial charge >= 0.3 is 5.97 Å². The van der Waals surface area contributed by atoms with Crippen molar-refractivity contribution in [3.63, 3.8) is 0 Å². The Morgan fingerprint density at radius 3 is 2.33 bits per heavy atom. The number of carbonyl (C=O) groups is 1. The second-order valence-corrected chi connectivity index (χ2v) is 7.29. The van der Waals surface area contributed by atoms with Crippen LogP contribution in [0.25, 0.3) is 6.08 Å². The Bertz CT molecular complexity index is 848. The molecule has 1 heterocycles. The van der Waals surface area contributed by atoms with E-state index in [0.29, 0.717) is 22.8 Å². The van der Waals surface area contributed by atoms with Crippen LogP contribution in [0.3, 0.4) is 0 Å². The highest BCUT2D eigenvalue weighted by Gasteiger charge is 2.39. The monoisotopic (exact) mass is 389 g/mol. The first-order valence-electron chi connectivity index (χ1n) is 8.38. The maximum Gasteiger partial charge on any atom is 0.338 e. The lowest BCUT2D eigenvalue weighted by molar-refractivity contribution is 0.0278. The Labute approximate surface area is 162 Å². The van der Waals surface area contributed by atoms with E-state index in [-0.39, 0.29) is 6.61 Å². The van der Waals surface area contributed by atoms with Gasteiger partial charge in [-0.15, -0.1) is 11.3 Å². The van der Waals surface area contributed by atoms with Crippen LogP contribution >= 0.6 is 11.3 Å². The molecule has 0 saturated carbocycles. The zero-order valence-corrected chi connectivity index (χ0v) is 16.9. The largest absolute Gasteiger partial charge is 0.493 e. The van der Waals surface area contributed by atoms with Crippen LogP contribution in [0.15, 0.2) is 29.7 Å². The first-order valence-corrected chi connectivity index (χ1v) is 9.26. The zero-order chi connectivity index (χ0) is 19.6. The molecule has 7 heteroatoms. The molecule has 3 rings (SSSR count). The summed E-state index contributed by atoms with van der Waals surface area (Å²) in [5.74, 6) is 0.800. The number of carbonyl (C=O) groups excluding carboxylic acids is 1. The molecule has 0 fully saturated rings. The summed E-state index contributed by atoms with van der Waals surface area (Å²) in [5.41, 5.74) is 1.02. The molecular formula is C20H23NO5S. The summed E-state index contributed by atoms with van der Waals surface area (Å²) in [6.45, 7) is 0.204. The van der Waals surface area contributed by atoms with Crippen molar-refractivity contribution < 1.29 is 23.7 Å². The number of rotatable bonds is 7. The molecule has 0 amide bonds. The number of benzene rings is 1. The van der Waals surface area contributed by atoms with Gasteiger partial charge in [-0.2, -0.15) is 0 Å². The quantitative estimate of drug-likeness (QED) is 0.677. The lowest BCUT2D eigenvalue weighted by Crippen LogP contribution is -2.43. The molecule has 144 valence electrons. The van der Waals surface area contributed by atoms with Crippen molar-refractivity contribution in [2.24, 2.45) is 0 Å². The Hall–Kier alpha value is -2.51. The van der Waals surface area contributed by atoms with Gasteiger partial charge in [-0.3, -0.25) is 4.90 Å². The number of esters is 1. The van der Waals surface area contributed by atoms with Gasteiger partial charge in [-0.25, -0.2) is 4.79 Å². The van der Waals surface area contributed by atoms with Crippen LogP contribution in [-0.2, 0) is 10.3 Å². The van der Waals surface area contributed by atoms with Gasteiger partial charge in [-0.05, 0) is 49.3 Å². The van der Waals surface area contributed by atoms with Crippen LogP contribution in [0.2, 0.25) is 0 Å². The maximum atomic E-state index is 12.7. The highest BCUT2D eigenvalue weighted by molar-refractivity contribution is 7.11. The van der Waals surface area contributed by atoms with E-state index < -0.39 is 11.5 Å². The normalized spacial score (nSPS) is 17.7. The average Bonchev–Trinajstić information content (AvgIpc) is 3.28. The fourth-order valence-electron chi connectivity index (χ4n) is 3.21. The Morgan fingerprint density at radius 1 is 1.11 bits per heavy atom. The van der Waals surface area contributed by atoms with E-state index in [1.807, 2.05) is 19.5 Å². The van der Waals surface area contributed by atoms with Gasteiger partial charge in [0.2, 0.25) is 5.75 Å². The fourth-order valence-corrected chi connectivity index (χ4v) is 4.08. The van der Waals surface area contributed by atoms with E-state index in [1.165, 1.54) is 26.2 Å². The third kappa shape index (κ3) is 3.28. The summed E-state index contributed by atoms with van der Waals surface area (Å²) in [5, 5.41) is 2.05. The summed E-state index contributed by atoms with van der Waals surface area (Å²) in [7, 11) is 8.49. The van der Waals surface area contributed by atoms with Crippen LogP contribution in [0.1, 0.15) is 20.8 Å². The lowest BCUT2D eigenvalue weighted by atomic mass is 9.94. The number of methoxy groups -OCH3 is 3. The summed E-state index contributed by atoms with van der Waals surface area (Å²) in [6.07, 6.45) is 4.16. The number of ether oxygens (including phenoxy) is 4. The van der Waals surface area contributed by atoms with Gasteiger partial charge in [0.1, 0.15) is 12.1 Å². The molecule has 0 N–H and O–H groups in total. The van der Waals surface area contributed by atoms with Crippen LogP contribution < -0.4 is 14.2 Å². The van der Waals surface area contributed by atoms with Crippen LogP contribution in [0.4, 0.5) is 0 Å². The molecular weight excluding hydrogens is 366 g/mol. The Kier molecular flexibility index (Phi) is 5.43. The van der Waals surface area contributed by atoms with Crippen molar-refractivity contribution in [3.8, 4) is 17.2 Å². The topological polar surface area (TPSA) is 57.2 Å². The van der Waals surface area contributed by atoms with Crippen molar-refractivity contribution in [3.05, 3.63) is 45.7 Å². The Balaban J connectivity index is 1.85. The molecule has 6 nitrogen and oxygen atoms in total. The number of hydrogen-bond donors (Lipinski definition) is 0. The van der Waals surface area contributed by atoms with Gasteiger partial charge in [-0.1, -0.05) is 6.08 Å². The molecule has 1 aliphatic carbocycles. The second-order valence-electron chi connectivity index (χ2n) is 6.34. The molecule has 1 unspecified atom stereocenters. The number of nitrogens with zero attached hydrogens (tertiary/aromatic N) is 1. The molecule has 1 atom stereocenters. The SMILES string of the molecule is COc1cc(C(=O)OCC2(N(C)C)C=Cc3sccc32)cc(OC)c1OC. The van der Waals surface area contributed by atoms with Crippen LogP contribution in [0, 0.1) is 0 Å². The van der Waals surface area contributed by atoms with Gasteiger partial charge in [0, 0.05) is 4.88 Å². The molecule has 1 aromatic heterocycles. The predicted molar refractivity (Wildman–Crippen MR) is 105 cm³/mol. The molecule has 27 heavy (non-hydrogen) atoms. The van der Waals surface area contributed by atoms with Crippen LogP contribution in [-0.4, -0.2) is 52.9 Å². The van der Waals surface area contributed by atoms with Crippen molar-refractivity contribution in [2.75, 3.05) is 42.0 Å². The smallest absolute Gasteiger partial charge is 0.338 e. The van der Waals surface area contributed by atoms with E-state index in [1.54, 1.807) is 23.5 Å². The molecule has 0 bridgehead atoms. The lowest BCUT2D eigenvalue weighted by Gasteiger charge is -2.34. The summed E-state index contributed by atoms with van der Waals surface area (Å²) < 4.78 is 21.6. The van der Waals surface area contributed by atoms with E-state index in [9.17, 15) is 4.79 Å². The van der Waals surface area contributed by atoms with E-state index in [0.717, 1.165) is 5.56 Å². The van der Waals surface area contributed by atoms with E-state index in [2.05, 4.69) is 23.1 Å².